The van der Waals surface area contributed by atoms with Crippen LogP contribution in [-0.2, 0) is 0 Å². The van der Waals surface area contributed by atoms with Crippen LogP contribution < -0.4 is 0 Å². The summed E-state index contributed by atoms with van der Waals surface area (Å²) in [6, 6.07) is 85.9. The highest BCUT2D eigenvalue weighted by Gasteiger charge is 2.20. The Morgan fingerprint density at radius 2 is 0.565 bits per heavy atom. The predicted octanol–water partition coefficient (Wildman–Crippen LogP) is 17.5. The van der Waals surface area contributed by atoms with E-state index >= 15 is 0 Å². The lowest BCUT2D eigenvalue weighted by molar-refractivity contribution is 1.62. The zero-order valence-corrected chi connectivity index (χ0v) is 33.9. The van der Waals surface area contributed by atoms with Crippen molar-refractivity contribution in [1.29, 1.82) is 0 Å². The molecule has 0 amide bonds. The molecule has 0 unspecified atom stereocenters. The first kappa shape index (κ1) is 34.8. The molecule has 13 rings (SSSR count). The average molecular weight is 783 g/mol. The van der Waals surface area contributed by atoms with Gasteiger partial charge < -0.3 is 0 Å². The van der Waals surface area contributed by atoms with Crippen LogP contribution in [0.5, 0.6) is 0 Å². The second kappa shape index (κ2) is 13.7. The molecular formula is C62H38. The highest BCUT2D eigenvalue weighted by molar-refractivity contribution is 6.27. The molecule has 0 saturated heterocycles. The van der Waals surface area contributed by atoms with Crippen LogP contribution in [0.2, 0.25) is 0 Å². The molecule has 0 aliphatic rings. The lowest BCUT2D eigenvalue weighted by Crippen LogP contribution is -1.93. The number of benzene rings is 13. The van der Waals surface area contributed by atoms with Crippen LogP contribution in [0.3, 0.4) is 0 Å². The van der Waals surface area contributed by atoms with E-state index in [1.165, 1.54) is 131 Å². The zero-order chi connectivity index (χ0) is 40.7. The summed E-state index contributed by atoms with van der Waals surface area (Å²) in [6.45, 7) is 0. The minimum Gasteiger partial charge on any atom is -0.0616 e. The molecule has 0 bridgehead atoms. The SMILES string of the molecule is c1cc(-c2cccc3ccccc23)cc(-c2c3ccccc3c(-c3cccc(-c4cccc5ccccc45)c3)c3cc(-c4ccc5ccc6cccc7ccc4c5c67)ccc23)c1. The molecule has 0 aromatic heterocycles. The van der Waals surface area contributed by atoms with Gasteiger partial charge in [0.2, 0.25) is 0 Å². The topological polar surface area (TPSA) is 0 Å². The van der Waals surface area contributed by atoms with Gasteiger partial charge in [0.05, 0.1) is 0 Å². The van der Waals surface area contributed by atoms with Crippen LogP contribution in [0.15, 0.2) is 231 Å². The van der Waals surface area contributed by atoms with Crippen LogP contribution >= 0.6 is 0 Å². The Morgan fingerprint density at radius 1 is 0.177 bits per heavy atom. The van der Waals surface area contributed by atoms with E-state index in [1.807, 2.05) is 0 Å². The molecule has 0 saturated carbocycles. The van der Waals surface area contributed by atoms with Gasteiger partial charge in [-0.15, -0.1) is 0 Å². The number of fused-ring (bicyclic) bond motifs is 4. The minimum atomic E-state index is 1.21. The lowest BCUT2D eigenvalue weighted by atomic mass is 9.83. The maximum absolute atomic E-state index is 2.48. The maximum Gasteiger partial charge on any atom is -0.00206 e. The Morgan fingerprint density at radius 3 is 1.19 bits per heavy atom. The monoisotopic (exact) mass is 782 g/mol. The van der Waals surface area contributed by atoms with Gasteiger partial charge in [-0.05, 0) is 149 Å². The predicted molar refractivity (Wildman–Crippen MR) is 267 cm³/mol. The molecule has 0 N–H and O–H groups in total. The molecule has 0 heteroatoms. The van der Waals surface area contributed by atoms with Gasteiger partial charge in [-0.2, -0.15) is 0 Å². The summed E-state index contributed by atoms with van der Waals surface area (Å²) in [5, 5.41) is 17.8. The molecule has 0 radical (unpaired) electrons. The highest BCUT2D eigenvalue weighted by atomic mass is 14.2. The molecular weight excluding hydrogens is 745 g/mol. The second-order valence-corrected chi connectivity index (χ2v) is 16.7. The first-order chi connectivity index (χ1) is 30.7. The maximum atomic E-state index is 2.48. The third-order valence-electron chi connectivity index (χ3n) is 13.4. The van der Waals surface area contributed by atoms with Crippen molar-refractivity contribution in [1.82, 2.24) is 0 Å². The third-order valence-corrected chi connectivity index (χ3v) is 13.4. The summed E-state index contributed by atoms with van der Waals surface area (Å²) in [6.07, 6.45) is 0. The van der Waals surface area contributed by atoms with Crippen molar-refractivity contribution in [2.75, 3.05) is 0 Å². The highest BCUT2D eigenvalue weighted by Crippen LogP contribution is 2.48. The third kappa shape index (κ3) is 5.34. The summed E-state index contributed by atoms with van der Waals surface area (Å²) >= 11 is 0. The van der Waals surface area contributed by atoms with Crippen molar-refractivity contribution in [3.8, 4) is 55.6 Å². The van der Waals surface area contributed by atoms with Gasteiger partial charge in [-0.1, -0.05) is 212 Å². The van der Waals surface area contributed by atoms with Crippen molar-refractivity contribution in [2.24, 2.45) is 0 Å². The molecule has 0 heterocycles. The van der Waals surface area contributed by atoms with Crippen molar-refractivity contribution in [3.63, 3.8) is 0 Å². The smallest absolute Gasteiger partial charge is 0.00206 e. The minimum absolute atomic E-state index is 1.21. The second-order valence-electron chi connectivity index (χ2n) is 16.7. The molecule has 62 heavy (non-hydrogen) atoms. The van der Waals surface area contributed by atoms with Gasteiger partial charge in [0.15, 0.2) is 0 Å². The van der Waals surface area contributed by atoms with Crippen LogP contribution in [0, 0.1) is 0 Å². The summed E-state index contributed by atoms with van der Waals surface area (Å²) in [5.74, 6) is 0. The molecule has 0 nitrogen and oxygen atoms in total. The van der Waals surface area contributed by atoms with E-state index in [1.54, 1.807) is 0 Å². The van der Waals surface area contributed by atoms with E-state index in [4.69, 9.17) is 0 Å². The molecule has 0 aliphatic carbocycles. The molecule has 0 fully saturated rings. The average Bonchev–Trinajstić information content (AvgIpc) is 3.34. The number of rotatable bonds is 5. The Hall–Kier alpha value is -8.06. The van der Waals surface area contributed by atoms with Gasteiger partial charge in [0.25, 0.3) is 0 Å². The summed E-state index contributed by atoms with van der Waals surface area (Å²) in [5.41, 5.74) is 12.3. The van der Waals surface area contributed by atoms with Gasteiger partial charge in [-0.3, -0.25) is 0 Å². The van der Waals surface area contributed by atoms with Gasteiger partial charge in [-0.25, -0.2) is 0 Å². The molecule has 0 atom stereocenters. The fourth-order valence-corrected chi connectivity index (χ4v) is 10.6. The van der Waals surface area contributed by atoms with Crippen molar-refractivity contribution in [2.45, 2.75) is 0 Å². The zero-order valence-electron chi connectivity index (χ0n) is 33.9. The lowest BCUT2D eigenvalue weighted by Gasteiger charge is -2.20. The van der Waals surface area contributed by atoms with Crippen molar-refractivity contribution in [3.05, 3.63) is 231 Å². The van der Waals surface area contributed by atoms with E-state index in [0.717, 1.165) is 0 Å². The fraction of sp³-hybridized carbons (Fsp3) is 0. The number of hydrogen-bond donors (Lipinski definition) is 0. The summed E-state index contributed by atoms with van der Waals surface area (Å²) in [4.78, 5) is 0. The Kier molecular flexibility index (Phi) is 7.71. The van der Waals surface area contributed by atoms with Gasteiger partial charge in [0.1, 0.15) is 0 Å². The van der Waals surface area contributed by atoms with Crippen LogP contribution in [0.25, 0.3) is 131 Å². The quantitative estimate of drug-likeness (QED) is 0.120. The van der Waals surface area contributed by atoms with Crippen LogP contribution in [0.4, 0.5) is 0 Å². The van der Waals surface area contributed by atoms with Gasteiger partial charge in [0, 0.05) is 0 Å². The normalized spacial score (nSPS) is 11.9. The molecule has 13 aromatic rings. The summed E-state index contributed by atoms with van der Waals surface area (Å²) in [7, 11) is 0. The molecule has 286 valence electrons. The molecule has 13 aromatic carbocycles. The van der Waals surface area contributed by atoms with E-state index in [-0.39, 0.29) is 0 Å². The summed E-state index contributed by atoms with van der Waals surface area (Å²) < 4.78 is 0. The standard InChI is InChI=1S/C62H38/c1-3-22-49-39(12-1)14-10-26-51(49)44-18-8-20-47(36-44)60-54-24-5-6-25-55(54)61(48-21-9-19-45(37-48)52-27-11-15-40-13-2-4-23-50(40)52)58-38-46(32-35-57(58)60)53-33-30-43-29-28-41-16-7-17-42-31-34-56(53)62(43)59(41)42/h1-38H. The first-order valence-corrected chi connectivity index (χ1v) is 21.6. The molecule has 0 spiro atoms. The van der Waals surface area contributed by atoms with E-state index in [9.17, 15) is 0 Å². The van der Waals surface area contributed by atoms with Crippen molar-refractivity contribution < 1.29 is 0 Å². The van der Waals surface area contributed by atoms with E-state index in [2.05, 4.69) is 231 Å². The van der Waals surface area contributed by atoms with Crippen LogP contribution in [0.1, 0.15) is 0 Å². The van der Waals surface area contributed by atoms with Crippen LogP contribution in [-0.4, -0.2) is 0 Å². The fourth-order valence-electron chi connectivity index (χ4n) is 10.6. The largest absolute Gasteiger partial charge is 0.0616 e. The first-order valence-electron chi connectivity index (χ1n) is 21.6. The Balaban J connectivity index is 1.10. The molecule has 0 aliphatic heterocycles. The van der Waals surface area contributed by atoms with Gasteiger partial charge >= 0.3 is 0 Å². The Bertz CT molecular complexity index is 3900. The van der Waals surface area contributed by atoms with Crippen molar-refractivity contribution >= 4 is 75.4 Å². The number of hydrogen-bond acceptors (Lipinski definition) is 0. The van der Waals surface area contributed by atoms with E-state index in [0.29, 0.717) is 0 Å². The van der Waals surface area contributed by atoms with E-state index < -0.39 is 0 Å². The Labute approximate surface area is 359 Å².